The highest BCUT2D eigenvalue weighted by atomic mass is 16.5. The molecule has 1 aromatic heterocycles. The summed E-state index contributed by atoms with van der Waals surface area (Å²) in [5.41, 5.74) is -1.23. The molecule has 1 N–H and O–H groups in total. The molecule has 0 spiro atoms. The highest BCUT2D eigenvalue weighted by Gasteiger charge is 2.27. The molecule has 9 nitrogen and oxygen atoms in total. The minimum absolute atomic E-state index is 0.0356. The number of ether oxygens (including phenoxy) is 4. The number of para-hydroxylation sites is 1. The van der Waals surface area contributed by atoms with Gasteiger partial charge in [-0.25, -0.2) is 4.79 Å². The fourth-order valence-corrected chi connectivity index (χ4v) is 2.56. The molecule has 0 radical (unpaired) electrons. The van der Waals surface area contributed by atoms with Gasteiger partial charge in [0.25, 0.3) is 5.56 Å². The summed E-state index contributed by atoms with van der Waals surface area (Å²) < 4.78 is 22.4. The number of aromatic hydroxyl groups is 1. The van der Waals surface area contributed by atoms with E-state index in [1.807, 2.05) is 13.8 Å². The standard InChI is InChI=1S/C19H24N2O7/c1-6-27-19(24)15-17(22)20-14(10-28-11(2)3)21(18(15)23)16-12(25-4)8-7-9-13(16)26-5/h7-9,11,23H,6,10H2,1-5H3. The van der Waals surface area contributed by atoms with Gasteiger partial charge in [0.15, 0.2) is 5.56 Å². The first kappa shape index (κ1) is 21.2. The van der Waals surface area contributed by atoms with Crippen molar-refractivity contribution in [1.29, 1.82) is 0 Å². The van der Waals surface area contributed by atoms with Gasteiger partial charge >= 0.3 is 5.97 Å². The van der Waals surface area contributed by atoms with Crippen molar-refractivity contribution in [2.75, 3.05) is 20.8 Å². The molecular weight excluding hydrogens is 368 g/mol. The summed E-state index contributed by atoms with van der Waals surface area (Å²) in [6.07, 6.45) is -0.156. The minimum atomic E-state index is -0.976. The van der Waals surface area contributed by atoms with E-state index in [0.717, 1.165) is 0 Å². The average molecular weight is 392 g/mol. The van der Waals surface area contributed by atoms with E-state index in [9.17, 15) is 14.7 Å². The molecule has 9 heteroatoms. The normalized spacial score (nSPS) is 10.8. The lowest BCUT2D eigenvalue weighted by molar-refractivity contribution is 0.0510. The molecule has 0 unspecified atom stereocenters. The summed E-state index contributed by atoms with van der Waals surface area (Å²) in [4.78, 5) is 28.6. The molecule has 152 valence electrons. The monoisotopic (exact) mass is 392 g/mol. The van der Waals surface area contributed by atoms with E-state index in [1.54, 1.807) is 25.1 Å². The SMILES string of the molecule is CCOC(=O)c1c(O)n(-c2c(OC)cccc2OC)c(COC(C)C)nc1=O. The second kappa shape index (κ2) is 9.23. The maximum atomic E-state index is 12.4. The van der Waals surface area contributed by atoms with Crippen molar-refractivity contribution in [2.45, 2.75) is 33.5 Å². The van der Waals surface area contributed by atoms with E-state index in [-0.39, 0.29) is 30.8 Å². The number of carbonyl (C=O) groups excluding carboxylic acids is 1. The molecule has 2 aromatic rings. The van der Waals surface area contributed by atoms with Crippen LogP contribution in [-0.2, 0) is 16.1 Å². The second-order valence-electron chi connectivity index (χ2n) is 5.96. The van der Waals surface area contributed by atoms with Crippen LogP contribution < -0.4 is 15.0 Å². The molecule has 0 aliphatic rings. The van der Waals surface area contributed by atoms with Crippen LogP contribution >= 0.6 is 0 Å². The van der Waals surface area contributed by atoms with Crippen molar-refractivity contribution >= 4 is 5.97 Å². The van der Waals surface area contributed by atoms with Gasteiger partial charge in [-0.1, -0.05) is 6.07 Å². The van der Waals surface area contributed by atoms with Gasteiger partial charge in [-0.2, -0.15) is 4.98 Å². The molecule has 0 fully saturated rings. The van der Waals surface area contributed by atoms with Crippen LogP contribution in [0.4, 0.5) is 0 Å². The summed E-state index contributed by atoms with van der Waals surface area (Å²) in [7, 11) is 2.89. The van der Waals surface area contributed by atoms with E-state index in [1.165, 1.54) is 18.8 Å². The number of hydrogen-bond donors (Lipinski definition) is 1. The van der Waals surface area contributed by atoms with Crippen LogP contribution in [0.2, 0.25) is 0 Å². The first-order valence-corrected chi connectivity index (χ1v) is 8.70. The Morgan fingerprint density at radius 1 is 1.21 bits per heavy atom. The lowest BCUT2D eigenvalue weighted by Crippen LogP contribution is -2.27. The van der Waals surface area contributed by atoms with Crippen LogP contribution in [0.15, 0.2) is 23.0 Å². The molecular formula is C19H24N2O7. The topological polar surface area (TPSA) is 109 Å². The summed E-state index contributed by atoms with van der Waals surface area (Å²) in [5.74, 6) is -0.867. The molecule has 0 atom stereocenters. The van der Waals surface area contributed by atoms with Gasteiger partial charge in [-0.05, 0) is 32.9 Å². The van der Waals surface area contributed by atoms with Crippen LogP contribution in [-0.4, -0.2) is 47.6 Å². The number of methoxy groups -OCH3 is 2. The third kappa shape index (κ3) is 4.25. The number of benzene rings is 1. The Kier molecular flexibility index (Phi) is 7.00. The zero-order valence-corrected chi connectivity index (χ0v) is 16.5. The Balaban J connectivity index is 2.85. The average Bonchev–Trinajstić information content (AvgIpc) is 2.65. The fraction of sp³-hybridized carbons (Fsp3) is 0.421. The fourth-order valence-electron chi connectivity index (χ4n) is 2.56. The summed E-state index contributed by atoms with van der Waals surface area (Å²) >= 11 is 0. The molecule has 0 bridgehead atoms. The maximum absolute atomic E-state index is 12.4. The Labute approximate surface area is 162 Å². The first-order valence-electron chi connectivity index (χ1n) is 8.70. The molecule has 0 aliphatic carbocycles. The third-order valence-corrected chi connectivity index (χ3v) is 3.79. The van der Waals surface area contributed by atoms with Crippen molar-refractivity contribution in [3.05, 3.63) is 39.9 Å². The van der Waals surface area contributed by atoms with Crippen LogP contribution in [0.5, 0.6) is 17.4 Å². The van der Waals surface area contributed by atoms with Crippen LogP contribution in [0.1, 0.15) is 37.0 Å². The van der Waals surface area contributed by atoms with E-state index in [4.69, 9.17) is 18.9 Å². The number of aromatic nitrogens is 2. The number of esters is 1. The van der Waals surface area contributed by atoms with Crippen LogP contribution in [0, 0.1) is 0 Å². The van der Waals surface area contributed by atoms with E-state index < -0.39 is 23.0 Å². The summed E-state index contributed by atoms with van der Waals surface area (Å²) in [6, 6.07) is 4.99. The van der Waals surface area contributed by atoms with Crippen molar-refractivity contribution < 1.29 is 28.8 Å². The lowest BCUT2D eigenvalue weighted by atomic mass is 10.2. The van der Waals surface area contributed by atoms with Crippen molar-refractivity contribution in [3.8, 4) is 23.1 Å². The first-order chi connectivity index (χ1) is 13.3. The highest BCUT2D eigenvalue weighted by molar-refractivity contribution is 5.91. The number of nitrogens with zero attached hydrogens (tertiary/aromatic N) is 2. The highest BCUT2D eigenvalue weighted by Crippen LogP contribution is 2.36. The van der Waals surface area contributed by atoms with Gasteiger partial charge in [0.2, 0.25) is 5.88 Å². The molecule has 28 heavy (non-hydrogen) atoms. The Morgan fingerprint density at radius 3 is 2.32 bits per heavy atom. The predicted molar refractivity (Wildman–Crippen MR) is 100 cm³/mol. The van der Waals surface area contributed by atoms with Crippen molar-refractivity contribution in [2.24, 2.45) is 0 Å². The molecule has 0 amide bonds. The minimum Gasteiger partial charge on any atom is -0.494 e. The zero-order chi connectivity index (χ0) is 20.8. The van der Waals surface area contributed by atoms with Gasteiger partial charge in [-0.3, -0.25) is 9.36 Å². The number of rotatable bonds is 8. The smallest absolute Gasteiger partial charge is 0.349 e. The van der Waals surface area contributed by atoms with Crippen LogP contribution in [0.25, 0.3) is 5.69 Å². The molecule has 0 saturated heterocycles. The molecule has 2 rings (SSSR count). The van der Waals surface area contributed by atoms with Crippen molar-refractivity contribution in [1.82, 2.24) is 9.55 Å². The summed E-state index contributed by atoms with van der Waals surface area (Å²) in [6.45, 7) is 5.17. The lowest BCUT2D eigenvalue weighted by Gasteiger charge is -2.21. The van der Waals surface area contributed by atoms with Gasteiger partial charge in [0.05, 0.1) is 26.9 Å². The quantitative estimate of drug-likeness (QED) is 0.680. The third-order valence-electron chi connectivity index (χ3n) is 3.79. The molecule has 0 aliphatic heterocycles. The van der Waals surface area contributed by atoms with Gasteiger partial charge in [-0.15, -0.1) is 0 Å². The van der Waals surface area contributed by atoms with Gasteiger partial charge < -0.3 is 24.1 Å². The van der Waals surface area contributed by atoms with Gasteiger partial charge in [0.1, 0.15) is 29.6 Å². The van der Waals surface area contributed by atoms with Crippen LogP contribution in [0.3, 0.4) is 0 Å². The van der Waals surface area contributed by atoms with Gasteiger partial charge in [0, 0.05) is 0 Å². The molecule has 0 saturated carbocycles. The Bertz CT molecular complexity index is 884. The van der Waals surface area contributed by atoms with E-state index in [2.05, 4.69) is 4.98 Å². The van der Waals surface area contributed by atoms with E-state index >= 15 is 0 Å². The Morgan fingerprint density at radius 2 is 1.82 bits per heavy atom. The Hall–Kier alpha value is -3.07. The van der Waals surface area contributed by atoms with E-state index in [0.29, 0.717) is 11.5 Å². The molecule has 1 aromatic carbocycles. The predicted octanol–water partition coefficient (Wildman–Crippen LogP) is 2.06. The molecule has 1 heterocycles. The number of carbonyl (C=O) groups is 1. The maximum Gasteiger partial charge on any atom is 0.349 e. The zero-order valence-electron chi connectivity index (χ0n) is 16.5. The summed E-state index contributed by atoms with van der Waals surface area (Å²) in [5, 5.41) is 10.9. The van der Waals surface area contributed by atoms with Crippen molar-refractivity contribution in [3.63, 3.8) is 0 Å². The largest absolute Gasteiger partial charge is 0.494 e. The number of hydrogen-bond acceptors (Lipinski definition) is 8. The second-order valence-corrected chi connectivity index (χ2v) is 5.96.